The molecule has 7 nitrogen and oxygen atoms in total. The van der Waals surface area contributed by atoms with E-state index in [1.165, 1.54) is 19.1 Å². The van der Waals surface area contributed by atoms with Gasteiger partial charge in [0.1, 0.15) is 5.82 Å². The van der Waals surface area contributed by atoms with Crippen molar-refractivity contribution in [2.24, 2.45) is 0 Å². The molecule has 2 amide bonds. The molecule has 0 unspecified atom stereocenters. The Labute approximate surface area is 177 Å². The number of anilines is 2. The number of carbonyl (C=O) groups excluding carboxylic acids is 2. The van der Waals surface area contributed by atoms with Crippen molar-refractivity contribution in [3.8, 4) is 16.9 Å². The highest BCUT2D eigenvalue weighted by molar-refractivity contribution is 6.03. The molecule has 2 aromatic carbocycles. The first-order chi connectivity index (χ1) is 15.0. The number of halogens is 1. The number of pyridine rings is 1. The zero-order chi connectivity index (χ0) is 21.8. The largest absolute Gasteiger partial charge is 0.326 e. The van der Waals surface area contributed by atoms with E-state index in [1.54, 1.807) is 65.6 Å². The summed E-state index contributed by atoms with van der Waals surface area (Å²) in [7, 11) is 0. The van der Waals surface area contributed by atoms with Crippen molar-refractivity contribution < 1.29 is 14.0 Å². The van der Waals surface area contributed by atoms with Gasteiger partial charge in [0, 0.05) is 36.3 Å². The molecule has 2 N–H and O–H groups in total. The number of carbonyl (C=O) groups is 2. The van der Waals surface area contributed by atoms with Crippen LogP contribution in [0.2, 0.25) is 0 Å². The maximum Gasteiger partial charge on any atom is 0.276 e. The van der Waals surface area contributed by atoms with Gasteiger partial charge >= 0.3 is 0 Å². The second-order valence-electron chi connectivity index (χ2n) is 6.76. The van der Waals surface area contributed by atoms with Crippen molar-refractivity contribution in [2.75, 3.05) is 10.6 Å². The predicted molar refractivity (Wildman–Crippen MR) is 115 cm³/mol. The molecule has 8 heteroatoms. The third-order valence-electron chi connectivity index (χ3n) is 4.43. The molecule has 4 rings (SSSR count). The van der Waals surface area contributed by atoms with Crippen LogP contribution in [0.25, 0.3) is 16.9 Å². The predicted octanol–water partition coefficient (Wildman–Crippen LogP) is 4.28. The van der Waals surface area contributed by atoms with Gasteiger partial charge in [0.2, 0.25) is 5.91 Å². The van der Waals surface area contributed by atoms with Crippen molar-refractivity contribution in [3.63, 3.8) is 0 Å². The van der Waals surface area contributed by atoms with Gasteiger partial charge in [0.25, 0.3) is 5.91 Å². The summed E-state index contributed by atoms with van der Waals surface area (Å²) in [6, 6.07) is 17.9. The number of hydrogen-bond donors (Lipinski definition) is 2. The summed E-state index contributed by atoms with van der Waals surface area (Å²) >= 11 is 0. The summed E-state index contributed by atoms with van der Waals surface area (Å²) in [6.07, 6.45) is 3.32. The maximum absolute atomic E-state index is 13.4. The van der Waals surface area contributed by atoms with E-state index in [1.807, 2.05) is 6.07 Å². The molecule has 0 spiro atoms. The summed E-state index contributed by atoms with van der Waals surface area (Å²) in [4.78, 5) is 28.1. The van der Waals surface area contributed by atoms with E-state index in [2.05, 4.69) is 20.7 Å². The number of aromatic nitrogens is 3. The lowest BCUT2D eigenvalue weighted by molar-refractivity contribution is -0.114. The summed E-state index contributed by atoms with van der Waals surface area (Å²) in [5, 5.41) is 9.89. The molecule has 154 valence electrons. The van der Waals surface area contributed by atoms with Crippen LogP contribution in [0.5, 0.6) is 0 Å². The Balaban J connectivity index is 1.64. The molecule has 0 aliphatic heterocycles. The van der Waals surface area contributed by atoms with Gasteiger partial charge in [-0.3, -0.25) is 14.6 Å². The number of benzene rings is 2. The first-order valence-corrected chi connectivity index (χ1v) is 9.45. The van der Waals surface area contributed by atoms with E-state index in [4.69, 9.17) is 0 Å². The smallest absolute Gasteiger partial charge is 0.276 e. The fourth-order valence-corrected chi connectivity index (χ4v) is 3.03. The van der Waals surface area contributed by atoms with Gasteiger partial charge in [-0.15, -0.1) is 0 Å². The lowest BCUT2D eigenvalue weighted by Gasteiger charge is -2.07. The van der Waals surface area contributed by atoms with E-state index in [0.717, 1.165) is 5.56 Å². The monoisotopic (exact) mass is 415 g/mol. The van der Waals surface area contributed by atoms with Crippen molar-refractivity contribution in [2.45, 2.75) is 6.92 Å². The molecule has 2 aromatic heterocycles. The number of hydrogen-bond acceptors (Lipinski definition) is 4. The SMILES string of the molecule is CC(=O)Nc1ccc(NC(=O)c2cc(-c3cccnc3)n(-c3ccc(F)cc3)n2)cc1. The summed E-state index contributed by atoms with van der Waals surface area (Å²) in [5.74, 6) is -0.941. The minimum atomic E-state index is -0.404. The summed E-state index contributed by atoms with van der Waals surface area (Å²) < 4.78 is 14.9. The van der Waals surface area contributed by atoms with Crippen LogP contribution < -0.4 is 10.6 Å². The minimum absolute atomic E-state index is 0.175. The van der Waals surface area contributed by atoms with Gasteiger partial charge in [-0.25, -0.2) is 9.07 Å². The number of rotatable bonds is 5. The van der Waals surface area contributed by atoms with Crippen LogP contribution in [0.3, 0.4) is 0 Å². The van der Waals surface area contributed by atoms with E-state index in [9.17, 15) is 14.0 Å². The minimum Gasteiger partial charge on any atom is -0.326 e. The molecular formula is C23H18FN5O2. The van der Waals surface area contributed by atoms with Crippen molar-refractivity contribution in [1.29, 1.82) is 0 Å². The first kappa shape index (κ1) is 20.0. The Morgan fingerprint density at radius 1 is 0.935 bits per heavy atom. The van der Waals surface area contributed by atoms with E-state index < -0.39 is 5.91 Å². The zero-order valence-corrected chi connectivity index (χ0v) is 16.5. The molecule has 2 heterocycles. The number of amides is 2. The fraction of sp³-hybridized carbons (Fsp3) is 0.0435. The van der Waals surface area contributed by atoms with Crippen LogP contribution in [0, 0.1) is 5.82 Å². The van der Waals surface area contributed by atoms with Gasteiger partial charge < -0.3 is 10.6 Å². The van der Waals surface area contributed by atoms with E-state index in [0.29, 0.717) is 22.8 Å². The molecular weight excluding hydrogens is 397 g/mol. The Bertz CT molecular complexity index is 1220. The molecule has 4 aromatic rings. The van der Waals surface area contributed by atoms with E-state index >= 15 is 0 Å². The maximum atomic E-state index is 13.4. The molecule has 31 heavy (non-hydrogen) atoms. The zero-order valence-electron chi connectivity index (χ0n) is 16.5. The third-order valence-corrected chi connectivity index (χ3v) is 4.43. The third kappa shape index (κ3) is 4.64. The first-order valence-electron chi connectivity index (χ1n) is 9.45. The van der Waals surface area contributed by atoms with Crippen LogP contribution in [-0.2, 0) is 4.79 Å². The quantitative estimate of drug-likeness (QED) is 0.509. The molecule has 0 aliphatic carbocycles. The van der Waals surface area contributed by atoms with Crippen LogP contribution in [0.4, 0.5) is 15.8 Å². The average Bonchev–Trinajstić information content (AvgIpc) is 3.22. The van der Waals surface area contributed by atoms with Crippen LogP contribution in [-0.4, -0.2) is 26.6 Å². The van der Waals surface area contributed by atoms with Crippen molar-refractivity contribution in [3.05, 3.63) is 90.6 Å². The molecule has 0 atom stereocenters. The lowest BCUT2D eigenvalue weighted by atomic mass is 10.2. The molecule has 0 fully saturated rings. The summed E-state index contributed by atoms with van der Waals surface area (Å²) in [5.41, 5.74) is 3.39. The summed E-state index contributed by atoms with van der Waals surface area (Å²) in [6.45, 7) is 1.42. The Morgan fingerprint density at radius 2 is 1.61 bits per heavy atom. The van der Waals surface area contributed by atoms with Gasteiger partial charge in [0.15, 0.2) is 5.69 Å². The highest BCUT2D eigenvalue weighted by Crippen LogP contribution is 2.24. The van der Waals surface area contributed by atoms with Crippen LogP contribution in [0.15, 0.2) is 79.1 Å². The van der Waals surface area contributed by atoms with Crippen LogP contribution >= 0.6 is 0 Å². The lowest BCUT2D eigenvalue weighted by Crippen LogP contribution is -2.13. The standard InChI is InChI=1S/C23H18FN5O2/c1-15(30)26-18-6-8-19(9-7-18)27-23(31)21-13-22(16-3-2-12-25-14-16)29(28-21)20-10-4-17(24)5-11-20/h2-14H,1H3,(H,26,30)(H,27,31). The fourth-order valence-electron chi connectivity index (χ4n) is 3.03. The number of nitrogens with one attached hydrogen (secondary N) is 2. The molecule has 0 saturated heterocycles. The topological polar surface area (TPSA) is 88.9 Å². The molecule has 0 radical (unpaired) electrons. The molecule has 0 bridgehead atoms. The van der Waals surface area contributed by atoms with Gasteiger partial charge in [-0.05, 0) is 66.7 Å². The van der Waals surface area contributed by atoms with Crippen molar-refractivity contribution in [1.82, 2.24) is 14.8 Å². The molecule has 0 saturated carbocycles. The number of nitrogens with zero attached hydrogens (tertiary/aromatic N) is 3. The second kappa shape index (κ2) is 8.58. The normalized spacial score (nSPS) is 10.5. The van der Waals surface area contributed by atoms with E-state index in [-0.39, 0.29) is 17.4 Å². The van der Waals surface area contributed by atoms with Crippen molar-refractivity contribution >= 4 is 23.2 Å². The average molecular weight is 415 g/mol. The Hall–Kier alpha value is -4.33. The Kier molecular flexibility index (Phi) is 5.53. The second-order valence-corrected chi connectivity index (χ2v) is 6.76. The van der Waals surface area contributed by atoms with Gasteiger partial charge in [0.05, 0.1) is 11.4 Å². The Morgan fingerprint density at radius 3 is 2.23 bits per heavy atom. The van der Waals surface area contributed by atoms with Crippen LogP contribution in [0.1, 0.15) is 17.4 Å². The highest BCUT2D eigenvalue weighted by atomic mass is 19.1. The highest BCUT2D eigenvalue weighted by Gasteiger charge is 2.17. The van der Waals surface area contributed by atoms with Gasteiger partial charge in [-0.1, -0.05) is 0 Å². The molecule has 0 aliphatic rings. The van der Waals surface area contributed by atoms with Gasteiger partial charge in [-0.2, -0.15) is 5.10 Å².